The van der Waals surface area contributed by atoms with Crippen molar-refractivity contribution in [3.63, 3.8) is 0 Å². The second-order valence-electron chi connectivity index (χ2n) is 13.8. The first-order chi connectivity index (χ1) is 26.8. The van der Waals surface area contributed by atoms with E-state index in [1.54, 1.807) is 0 Å². The maximum Gasteiger partial charge on any atom is 0.165 e. The summed E-state index contributed by atoms with van der Waals surface area (Å²) in [4.78, 5) is 10.9. The van der Waals surface area contributed by atoms with Crippen LogP contribution in [0, 0.1) is 0 Å². The molecule has 11 aromatic rings. The summed E-state index contributed by atoms with van der Waals surface area (Å²) in [6, 6.07) is 68.9. The predicted octanol–water partition coefficient (Wildman–Crippen LogP) is 12.8. The Morgan fingerprint density at radius 2 is 0.833 bits per heavy atom. The van der Waals surface area contributed by atoms with Crippen LogP contribution in [0.3, 0.4) is 0 Å². The Kier molecular flexibility index (Phi) is 6.82. The summed E-state index contributed by atoms with van der Waals surface area (Å²) in [5.41, 5.74) is 13.9. The SMILES string of the molecule is c1ccc(-c2cccc(-n3c4ccccc4c4c5c6ccccc6n(-c6nc7cc(-c8ccccc8)ccc7nc6-c6ccccc6)c5ccc43)c2)cc1. The fourth-order valence-electron chi connectivity index (χ4n) is 8.28. The number of rotatable bonds is 5. The van der Waals surface area contributed by atoms with Gasteiger partial charge in [-0.25, -0.2) is 9.97 Å². The van der Waals surface area contributed by atoms with Crippen LogP contribution in [-0.4, -0.2) is 19.1 Å². The first kappa shape index (κ1) is 30.3. The largest absolute Gasteiger partial charge is 0.309 e. The number of aromatic nitrogens is 4. The average Bonchev–Trinajstić information content (AvgIpc) is 3.77. The first-order valence-electron chi connectivity index (χ1n) is 18.3. The van der Waals surface area contributed by atoms with Gasteiger partial charge in [0.1, 0.15) is 5.69 Å². The van der Waals surface area contributed by atoms with Crippen LogP contribution in [0.25, 0.3) is 99.7 Å². The number of para-hydroxylation sites is 2. The molecule has 11 rings (SSSR count). The maximum atomic E-state index is 5.51. The summed E-state index contributed by atoms with van der Waals surface area (Å²) >= 11 is 0. The third-order valence-corrected chi connectivity index (χ3v) is 10.7. The van der Waals surface area contributed by atoms with Crippen LogP contribution in [0.15, 0.2) is 194 Å². The zero-order valence-corrected chi connectivity index (χ0v) is 29.3. The zero-order valence-electron chi connectivity index (χ0n) is 29.3. The summed E-state index contributed by atoms with van der Waals surface area (Å²) < 4.78 is 4.75. The second-order valence-corrected chi connectivity index (χ2v) is 13.8. The number of hydrogen-bond donors (Lipinski definition) is 0. The lowest BCUT2D eigenvalue weighted by Crippen LogP contribution is -2.04. The van der Waals surface area contributed by atoms with E-state index in [1.165, 1.54) is 38.2 Å². The summed E-state index contributed by atoms with van der Waals surface area (Å²) in [6.45, 7) is 0. The molecule has 3 aromatic heterocycles. The van der Waals surface area contributed by atoms with Crippen LogP contribution in [-0.2, 0) is 0 Å². The highest BCUT2D eigenvalue weighted by Crippen LogP contribution is 2.43. The highest BCUT2D eigenvalue weighted by molar-refractivity contribution is 6.29. The molecule has 0 aliphatic heterocycles. The van der Waals surface area contributed by atoms with Crippen molar-refractivity contribution in [2.45, 2.75) is 0 Å². The molecule has 0 radical (unpaired) electrons. The van der Waals surface area contributed by atoms with Crippen molar-refractivity contribution in [2.24, 2.45) is 0 Å². The molecule has 4 nitrogen and oxygen atoms in total. The third kappa shape index (κ3) is 4.70. The number of nitrogens with zero attached hydrogens (tertiary/aromatic N) is 4. The van der Waals surface area contributed by atoms with Crippen molar-refractivity contribution < 1.29 is 0 Å². The van der Waals surface area contributed by atoms with Crippen LogP contribution in [0.5, 0.6) is 0 Å². The van der Waals surface area contributed by atoms with E-state index < -0.39 is 0 Å². The quantitative estimate of drug-likeness (QED) is 0.180. The van der Waals surface area contributed by atoms with Gasteiger partial charge in [0.05, 0.1) is 33.1 Å². The van der Waals surface area contributed by atoms with Crippen molar-refractivity contribution in [3.05, 3.63) is 194 Å². The molecule has 0 spiro atoms. The molecule has 252 valence electrons. The Bertz CT molecular complexity index is 3200. The van der Waals surface area contributed by atoms with Gasteiger partial charge in [-0.3, -0.25) is 4.57 Å². The molecule has 0 aliphatic carbocycles. The summed E-state index contributed by atoms with van der Waals surface area (Å²) in [6.07, 6.45) is 0. The molecule has 0 aliphatic rings. The van der Waals surface area contributed by atoms with E-state index in [0.29, 0.717) is 0 Å². The van der Waals surface area contributed by atoms with E-state index in [4.69, 9.17) is 9.97 Å². The van der Waals surface area contributed by atoms with E-state index in [9.17, 15) is 0 Å². The summed E-state index contributed by atoms with van der Waals surface area (Å²) in [7, 11) is 0. The van der Waals surface area contributed by atoms with Crippen LogP contribution < -0.4 is 0 Å². The van der Waals surface area contributed by atoms with Crippen LogP contribution in [0.1, 0.15) is 0 Å². The van der Waals surface area contributed by atoms with Gasteiger partial charge in [0.25, 0.3) is 0 Å². The average molecular weight is 689 g/mol. The van der Waals surface area contributed by atoms with Gasteiger partial charge >= 0.3 is 0 Å². The molecule has 0 unspecified atom stereocenters. The minimum absolute atomic E-state index is 0.809. The molecule has 0 amide bonds. The van der Waals surface area contributed by atoms with Crippen molar-refractivity contribution in [2.75, 3.05) is 0 Å². The molecule has 3 heterocycles. The van der Waals surface area contributed by atoms with Gasteiger partial charge < -0.3 is 4.57 Å². The maximum absolute atomic E-state index is 5.51. The lowest BCUT2D eigenvalue weighted by atomic mass is 10.0. The number of fused-ring (bicyclic) bond motifs is 8. The minimum Gasteiger partial charge on any atom is -0.309 e. The molecule has 8 aromatic carbocycles. The molecule has 0 saturated heterocycles. The monoisotopic (exact) mass is 688 g/mol. The van der Waals surface area contributed by atoms with Gasteiger partial charge in [0.15, 0.2) is 5.82 Å². The third-order valence-electron chi connectivity index (χ3n) is 10.7. The smallest absolute Gasteiger partial charge is 0.165 e. The van der Waals surface area contributed by atoms with Gasteiger partial charge in [-0.15, -0.1) is 0 Å². The molecule has 0 fully saturated rings. The van der Waals surface area contributed by atoms with E-state index in [0.717, 1.165) is 61.5 Å². The Balaban J connectivity index is 1.23. The molecule has 54 heavy (non-hydrogen) atoms. The second kappa shape index (κ2) is 12.1. The van der Waals surface area contributed by atoms with Crippen LogP contribution in [0.2, 0.25) is 0 Å². The van der Waals surface area contributed by atoms with Gasteiger partial charge in [0.2, 0.25) is 0 Å². The summed E-state index contributed by atoms with van der Waals surface area (Å²) in [5, 5.41) is 4.82. The lowest BCUT2D eigenvalue weighted by Gasteiger charge is -2.14. The molecule has 0 bridgehead atoms. The summed E-state index contributed by atoms with van der Waals surface area (Å²) in [5.74, 6) is 0.809. The van der Waals surface area contributed by atoms with E-state index in [2.05, 4.69) is 191 Å². The predicted molar refractivity (Wildman–Crippen MR) is 225 cm³/mol. The molecule has 0 atom stereocenters. The first-order valence-corrected chi connectivity index (χ1v) is 18.3. The lowest BCUT2D eigenvalue weighted by molar-refractivity contribution is 1.08. The number of hydrogen-bond acceptors (Lipinski definition) is 2. The highest BCUT2D eigenvalue weighted by atomic mass is 15.1. The van der Waals surface area contributed by atoms with Crippen molar-refractivity contribution >= 4 is 54.6 Å². The fourth-order valence-corrected chi connectivity index (χ4v) is 8.28. The molecule has 0 N–H and O–H groups in total. The zero-order chi connectivity index (χ0) is 35.6. The fraction of sp³-hybridized carbons (Fsp3) is 0. The Morgan fingerprint density at radius 1 is 0.315 bits per heavy atom. The van der Waals surface area contributed by atoms with Crippen molar-refractivity contribution in [3.8, 4) is 45.0 Å². The normalized spacial score (nSPS) is 11.7. The molecular formula is C50H32N4. The van der Waals surface area contributed by atoms with Crippen molar-refractivity contribution in [1.82, 2.24) is 19.1 Å². The van der Waals surface area contributed by atoms with E-state index in [-0.39, 0.29) is 0 Å². The molecule has 4 heteroatoms. The Morgan fingerprint density at radius 3 is 1.48 bits per heavy atom. The standard InChI is InChI=1S/C50H32N4/c1-4-15-33(16-5-1)36-21-14-22-38(31-36)53-43-25-12-10-23-39(43)47-45(53)29-30-46-48(47)40-24-11-13-26-44(40)54(46)50-49(35-19-8-3-9-20-35)51-41-28-27-37(32-42(41)52-50)34-17-6-2-7-18-34/h1-32H. The minimum atomic E-state index is 0.809. The Labute approximate surface area is 311 Å². The van der Waals surface area contributed by atoms with Crippen LogP contribution in [0.4, 0.5) is 0 Å². The van der Waals surface area contributed by atoms with Crippen LogP contribution >= 0.6 is 0 Å². The van der Waals surface area contributed by atoms with E-state index >= 15 is 0 Å². The Hall–Kier alpha value is -7.30. The van der Waals surface area contributed by atoms with E-state index in [1.807, 2.05) is 12.1 Å². The van der Waals surface area contributed by atoms with Gasteiger partial charge in [0, 0.05) is 32.8 Å². The molecular weight excluding hydrogens is 657 g/mol. The highest BCUT2D eigenvalue weighted by Gasteiger charge is 2.23. The topological polar surface area (TPSA) is 35.6 Å². The van der Waals surface area contributed by atoms with Gasteiger partial charge in [-0.05, 0) is 70.8 Å². The van der Waals surface area contributed by atoms with Gasteiger partial charge in [-0.2, -0.15) is 0 Å². The van der Waals surface area contributed by atoms with Gasteiger partial charge in [-0.1, -0.05) is 146 Å². The molecule has 0 saturated carbocycles. The number of benzene rings is 8. The van der Waals surface area contributed by atoms with Crippen molar-refractivity contribution in [1.29, 1.82) is 0 Å².